The summed E-state index contributed by atoms with van der Waals surface area (Å²) < 4.78 is 25.9. The number of carbonyl (C=O) groups excluding carboxylic acids is 1. The lowest BCUT2D eigenvalue weighted by molar-refractivity contribution is -0.142. The molecule has 1 aromatic carbocycles. The minimum Gasteiger partial charge on any atom is -0.479 e. The van der Waals surface area contributed by atoms with Gasteiger partial charge in [0.15, 0.2) is 17.7 Å². The fourth-order valence-corrected chi connectivity index (χ4v) is 1.57. The van der Waals surface area contributed by atoms with Crippen LogP contribution in [0.15, 0.2) is 18.2 Å². The van der Waals surface area contributed by atoms with Crippen LogP contribution >= 0.6 is 0 Å². The molecule has 6 heteroatoms. The van der Waals surface area contributed by atoms with Gasteiger partial charge in [-0.3, -0.25) is 4.79 Å². The summed E-state index contributed by atoms with van der Waals surface area (Å²) >= 11 is 0. The van der Waals surface area contributed by atoms with E-state index in [0.717, 1.165) is 18.2 Å². The number of hydrogen-bond donors (Lipinski definition) is 2. The Morgan fingerprint density at radius 3 is 2.37 bits per heavy atom. The summed E-state index contributed by atoms with van der Waals surface area (Å²) in [4.78, 5) is 22.6. The first-order valence-corrected chi connectivity index (χ1v) is 5.78. The number of carboxylic acids is 1. The van der Waals surface area contributed by atoms with Gasteiger partial charge in [-0.1, -0.05) is 19.9 Å². The summed E-state index contributed by atoms with van der Waals surface area (Å²) in [6, 6.07) is 1.34. The highest BCUT2D eigenvalue weighted by Crippen LogP contribution is 2.17. The molecule has 1 atom stereocenters. The second kappa shape index (κ2) is 6.26. The van der Waals surface area contributed by atoms with Crippen LogP contribution in [0.3, 0.4) is 0 Å². The highest BCUT2D eigenvalue weighted by atomic mass is 19.2. The van der Waals surface area contributed by atoms with Gasteiger partial charge < -0.3 is 10.4 Å². The molecule has 0 radical (unpaired) electrons. The molecule has 19 heavy (non-hydrogen) atoms. The molecule has 0 aliphatic carbocycles. The quantitative estimate of drug-likeness (QED) is 0.863. The number of rotatable bonds is 5. The molecule has 2 N–H and O–H groups in total. The lowest BCUT2D eigenvalue weighted by Gasteiger charge is -2.16. The lowest BCUT2D eigenvalue weighted by atomic mass is 10.1. The zero-order valence-electron chi connectivity index (χ0n) is 10.6. The molecular weight excluding hydrogens is 256 g/mol. The van der Waals surface area contributed by atoms with Gasteiger partial charge in [-0.15, -0.1) is 0 Å². The first kappa shape index (κ1) is 15.1. The predicted molar refractivity (Wildman–Crippen MR) is 64.3 cm³/mol. The zero-order valence-corrected chi connectivity index (χ0v) is 10.6. The van der Waals surface area contributed by atoms with Gasteiger partial charge >= 0.3 is 5.97 Å². The van der Waals surface area contributed by atoms with Crippen molar-refractivity contribution in [2.75, 3.05) is 0 Å². The number of carbonyl (C=O) groups is 2. The smallest absolute Gasteiger partial charge is 0.330 e. The summed E-state index contributed by atoms with van der Waals surface area (Å²) in [5, 5.41) is 11.3. The molecule has 0 bridgehead atoms. The maximum atomic E-state index is 13.1. The Labute approximate surface area is 109 Å². The van der Waals surface area contributed by atoms with Crippen LogP contribution in [0, 0.1) is 17.6 Å². The minimum absolute atomic E-state index is 0.0106. The van der Waals surface area contributed by atoms with Crippen molar-refractivity contribution in [3.05, 3.63) is 35.4 Å². The van der Waals surface area contributed by atoms with Crippen LogP contribution in [-0.2, 0) is 9.59 Å². The van der Waals surface area contributed by atoms with Crippen molar-refractivity contribution in [2.45, 2.75) is 26.3 Å². The first-order valence-electron chi connectivity index (χ1n) is 5.78. The summed E-state index contributed by atoms with van der Waals surface area (Å²) in [5.41, 5.74) is -0.0106. The molecule has 0 spiro atoms. The van der Waals surface area contributed by atoms with Crippen molar-refractivity contribution >= 4 is 11.9 Å². The number of amides is 1. The molecule has 0 saturated carbocycles. The third-order valence-corrected chi connectivity index (χ3v) is 2.42. The van der Waals surface area contributed by atoms with Crippen LogP contribution in [-0.4, -0.2) is 17.0 Å². The number of nitrogens with one attached hydrogen (secondary N) is 1. The van der Waals surface area contributed by atoms with E-state index in [-0.39, 0.29) is 17.9 Å². The molecule has 104 valence electrons. The molecule has 0 heterocycles. The maximum absolute atomic E-state index is 13.1. The Kier molecular flexibility index (Phi) is 4.97. The molecule has 0 aromatic heterocycles. The van der Waals surface area contributed by atoms with Crippen molar-refractivity contribution in [3.8, 4) is 0 Å². The molecular formula is C13H15F2NO3. The van der Waals surface area contributed by atoms with Crippen LogP contribution < -0.4 is 5.32 Å². The van der Waals surface area contributed by atoms with Crippen molar-refractivity contribution in [3.63, 3.8) is 0 Å². The van der Waals surface area contributed by atoms with Crippen molar-refractivity contribution in [1.82, 2.24) is 5.32 Å². The molecule has 1 aromatic rings. The van der Waals surface area contributed by atoms with E-state index in [1.165, 1.54) is 0 Å². The second-order valence-corrected chi connectivity index (χ2v) is 4.61. The van der Waals surface area contributed by atoms with Crippen LogP contribution in [0.25, 0.3) is 0 Å². The number of aliphatic carboxylic acids is 1. The largest absolute Gasteiger partial charge is 0.479 e. The number of hydrogen-bond acceptors (Lipinski definition) is 2. The van der Waals surface area contributed by atoms with Gasteiger partial charge in [-0.25, -0.2) is 13.6 Å². The fraction of sp³-hybridized carbons (Fsp3) is 0.385. The van der Waals surface area contributed by atoms with Gasteiger partial charge in [0.25, 0.3) is 0 Å². The summed E-state index contributed by atoms with van der Waals surface area (Å²) in [6.07, 6.45) is 0.160. The van der Waals surface area contributed by atoms with E-state index in [0.29, 0.717) is 0 Å². The maximum Gasteiger partial charge on any atom is 0.330 e. The third-order valence-electron chi connectivity index (χ3n) is 2.42. The van der Waals surface area contributed by atoms with Crippen molar-refractivity contribution < 1.29 is 23.5 Å². The summed E-state index contributed by atoms with van der Waals surface area (Å²) in [6.45, 7) is 3.62. The highest BCUT2D eigenvalue weighted by Gasteiger charge is 2.23. The Hall–Kier alpha value is -1.98. The van der Waals surface area contributed by atoms with Crippen molar-refractivity contribution in [1.29, 1.82) is 0 Å². The minimum atomic E-state index is -1.39. The highest BCUT2D eigenvalue weighted by molar-refractivity contribution is 5.84. The zero-order chi connectivity index (χ0) is 14.6. The fourth-order valence-electron chi connectivity index (χ4n) is 1.57. The third kappa shape index (κ3) is 4.31. The predicted octanol–water partition coefficient (Wildman–Crippen LogP) is 2.25. The Bertz CT molecular complexity index is 489. The van der Waals surface area contributed by atoms with E-state index < -0.39 is 29.6 Å². The Morgan fingerprint density at radius 2 is 1.89 bits per heavy atom. The van der Waals surface area contributed by atoms with Crippen molar-refractivity contribution in [2.24, 2.45) is 5.92 Å². The molecule has 0 aliphatic rings. The number of carboxylic acid groups (broad SMARTS) is 1. The molecule has 4 nitrogen and oxygen atoms in total. The van der Waals surface area contributed by atoms with Crippen LogP contribution in [0.5, 0.6) is 0 Å². The second-order valence-electron chi connectivity index (χ2n) is 4.61. The van der Waals surface area contributed by atoms with Gasteiger partial charge in [0.1, 0.15) is 0 Å². The first-order chi connectivity index (χ1) is 8.81. The van der Waals surface area contributed by atoms with E-state index >= 15 is 0 Å². The summed E-state index contributed by atoms with van der Waals surface area (Å²) in [7, 11) is 0. The molecule has 0 aliphatic heterocycles. The average Bonchev–Trinajstić information content (AvgIpc) is 2.28. The van der Waals surface area contributed by atoms with Gasteiger partial charge in [0.2, 0.25) is 5.91 Å². The van der Waals surface area contributed by atoms with Gasteiger partial charge in [-0.05, 0) is 23.6 Å². The normalized spacial score (nSPS) is 12.3. The molecule has 1 amide bonds. The van der Waals surface area contributed by atoms with E-state index in [2.05, 4.69) is 5.32 Å². The number of benzene rings is 1. The SMILES string of the molecule is CC(C)CC(=O)N[C@H](C(=O)O)c1ccc(F)c(F)c1. The summed E-state index contributed by atoms with van der Waals surface area (Å²) in [5.74, 6) is -3.93. The molecule has 1 rings (SSSR count). The Balaban J connectivity index is 2.91. The van der Waals surface area contributed by atoms with Gasteiger partial charge in [-0.2, -0.15) is 0 Å². The van der Waals surface area contributed by atoms with Crippen LogP contribution in [0.4, 0.5) is 8.78 Å². The van der Waals surface area contributed by atoms with E-state index in [4.69, 9.17) is 5.11 Å². The lowest BCUT2D eigenvalue weighted by Crippen LogP contribution is -2.34. The van der Waals surface area contributed by atoms with Gasteiger partial charge in [0, 0.05) is 6.42 Å². The molecule has 0 fully saturated rings. The van der Waals surface area contributed by atoms with E-state index in [9.17, 15) is 18.4 Å². The van der Waals surface area contributed by atoms with Crippen LogP contribution in [0.1, 0.15) is 31.9 Å². The molecule has 0 unspecified atom stereocenters. The van der Waals surface area contributed by atoms with Gasteiger partial charge in [0.05, 0.1) is 0 Å². The topological polar surface area (TPSA) is 66.4 Å². The molecule has 0 saturated heterocycles. The van der Waals surface area contributed by atoms with E-state index in [1.807, 2.05) is 13.8 Å². The monoisotopic (exact) mass is 271 g/mol. The Morgan fingerprint density at radius 1 is 1.26 bits per heavy atom. The van der Waals surface area contributed by atoms with E-state index in [1.54, 1.807) is 0 Å². The number of halogens is 2. The average molecular weight is 271 g/mol. The standard InChI is InChI=1S/C13H15F2NO3/c1-7(2)5-11(17)16-12(13(18)19)8-3-4-9(14)10(15)6-8/h3-4,6-7,12H,5H2,1-2H3,(H,16,17)(H,18,19)/t12-/m0/s1. The van der Waals surface area contributed by atoms with Crippen LogP contribution in [0.2, 0.25) is 0 Å².